The van der Waals surface area contributed by atoms with Crippen LogP contribution in [0.4, 0.5) is 0 Å². The number of hydrogen-bond donors (Lipinski definition) is 1. The predicted octanol–water partition coefficient (Wildman–Crippen LogP) is 1.68. The number of fused-ring (bicyclic) bond motifs is 1. The molecule has 6 heteroatoms. The van der Waals surface area contributed by atoms with E-state index >= 15 is 0 Å². The lowest BCUT2D eigenvalue weighted by Gasteiger charge is -2.33. The highest BCUT2D eigenvalue weighted by Crippen LogP contribution is 2.27. The standard InChI is InChI=1S/C21H27N3O3/c1-13-4-5-17-16(10-13)20(14(2)15(3)22-17)21(26)24-11-18(19(25)12-24)23-6-8-27-9-7-23/h4-5,10,18-19,25H,6-9,11-12H2,1-3H3/t18-,19-/m0/s1. The summed E-state index contributed by atoms with van der Waals surface area (Å²) in [5.41, 5.74) is 4.46. The van der Waals surface area contributed by atoms with Gasteiger partial charge in [0.2, 0.25) is 0 Å². The molecule has 2 atom stereocenters. The van der Waals surface area contributed by atoms with Crippen molar-refractivity contribution in [3.05, 3.63) is 40.6 Å². The maximum Gasteiger partial charge on any atom is 0.255 e. The number of amides is 1. The summed E-state index contributed by atoms with van der Waals surface area (Å²) in [6.45, 7) is 9.83. The third-order valence-corrected chi connectivity index (χ3v) is 5.90. The highest BCUT2D eigenvalue weighted by Gasteiger charge is 2.39. The molecule has 1 aromatic heterocycles. The van der Waals surface area contributed by atoms with Crippen molar-refractivity contribution in [2.75, 3.05) is 39.4 Å². The summed E-state index contributed by atoms with van der Waals surface area (Å²) in [7, 11) is 0. The molecule has 3 heterocycles. The molecule has 2 fully saturated rings. The van der Waals surface area contributed by atoms with Gasteiger partial charge in [-0.2, -0.15) is 0 Å². The third kappa shape index (κ3) is 3.33. The van der Waals surface area contributed by atoms with Crippen LogP contribution in [-0.2, 0) is 4.74 Å². The van der Waals surface area contributed by atoms with Crippen LogP contribution in [0.5, 0.6) is 0 Å². The van der Waals surface area contributed by atoms with Crippen LogP contribution in [0.25, 0.3) is 10.9 Å². The molecule has 2 aromatic rings. The molecule has 0 saturated carbocycles. The van der Waals surface area contributed by atoms with Gasteiger partial charge in [0.05, 0.1) is 36.4 Å². The Balaban J connectivity index is 1.67. The van der Waals surface area contributed by atoms with Gasteiger partial charge in [-0.3, -0.25) is 14.7 Å². The van der Waals surface area contributed by atoms with Gasteiger partial charge < -0.3 is 14.7 Å². The lowest BCUT2D eigenvalue weighted by molar-refractivity contribution is -0.00611. The predicted molar refractivity (Wildman–Crippen MR) is 104 cm³/mol. The molecular formula is C21H27N3O3. The van der Waals surface area contributed by atoms with Gasteiger partial charge in [0.25, 0.3) is 5.91 Å². The van der Waals surface area contributed by atoms with Crippen molar-refractivity contribution >= 4 is 16.8 Å². The van der Waals surface area contributed by atoms with E-state index in [2.05, 4.69) is 9.88 Å². The van der Waals surface area contributed by atoms with Crippen molar-refractivity contribution < 1.29 is 14.6 Å². The molecule has 2 saturated heterocycles. The zero-order chi connectivity index (χ0) is 19.1. The van der Waals surface area contributed by atoms with Gasteiger partial charge in [0, 0.05) is 37.3 Å². The Kier molecular flexibility index (Phi) is 4.88. The molecule has 2 aliphatic heterocycles. The smallest absolute Gasteiger partial charge is 0.255 e. The number of benzene rings is 1. The number of carbonyl (C=O) groups excluding carboxylic acids is 1. The van der Waals surface area contributed by atoms with Crippen LogP contribution < -0.4 is 0 Å². The van der Waals surface area contributed by atoms with Gasteiger partial charge in [-0.25, -0.2) is 0 Å². The van der Waals surface area contributed by atoms with Gasteiger partial charge >= 0.3 is 0 Å². The molecule has 0 unspecified atom stereocenters. The second-order valence-electron chi connectivity index (χ2n) is 7.71. The van der Waals surface area contributed by atoms with Crippen molar-refractivity contribution in [1.82, 2.24) is 14.8 Å². The zero-order valence-electron chi connectivity index (χ0n) is 16.2. The number of hydrogen-bond acceptors (Lipinski definition) is 5. The maximum atomic E-state index is 13.5. The first kappa shape index (κ1) is 18.3. The van der Waals surface area contributed by atoms with Gasteiger partial charge in [0.1, 0.15) is 0 Å². The van der Waals surface area contributed by atoms with E-state index in [1.807, 2.05) is 39.0 Å². The highest BCUT2D eigenvalue weighted by molar-refractivity contribution is 6.07. The fourth-order valence-electron chi connectivity index (χ4n) is 4.23. The molecule has 2 aliphatic rings. The number of pyridine rings is 1. The molecule has 144 valence electrons. The summed E-state index contributed by atoms with van der Waals surface area (Å²) in [5.74, 6) is -0.0107. The minimum Gasteiger partial charge on any atom is -0.390 e. The summed E-state index contributed by atoms with van der Waals surface area (Å²) in [5, 5.41) is 11.5. The number of ether oxygens (including phenoxy) is 1. The van der Waals surface area contributed by atoms with Crippen LogP contribution in [-0.4, -0.2) is 77.3 Å². The monoisotopic (exact) mass is 369 g/mol. The molecule has 0 aliphatic carbocycles. The fourth-order valence-corrected chi connectivity index (χ4v) is 4.23. The SMILES string of the molecule is Cc1ccc2nc(C)c(C)c(C(=O)N3C[C@H](O)[C@@H](N4CCOCC4)C3)c2c1. The summed E-state index contributed by atoms with van der Waals surface area (Å²) < 4.78 is 5.42. The quantitative estimate of drug-likeness (QED) is 0.872. The van der Waals surface area contributed by atoms with Gasteiger partial charge in [0.15, 0.2) is 0 Å². The number of carbonyl (C=O) groups is 1. The van der Waals surface area contributed by atoms with E-state index in [-0.39, 0.29) is 11.9 Å². The number of rotatable bonds is 2. The Morgan fingerprint density at radius 2 is 1.93 bits per heavy atom. The number of aliphatic hydroxyl groups excluding tert-OH is 1. The maximum absolute atomic E-state index is 13.5. The number of β-amino-alcohol motifs (C(OH)–C–C–N with tert-alkyl or cyclic N) is 1. The van der Waals surface area contributed by atoms with E-state index in [0.717, 1.165) is 46.4 Å². The minimum absolute atomic E-state index is 0.0107. The lowest BCUT2D eigenvalue weighted by atomic mass is 9.99. The van der Waals surface area contributed by atoms with Crippen molar-refractivity contribution in [1.29, 1.82) is 0 Å². The van der Waals surface area contributed by atoms with Crippen molar-refractivity contribution in [3.63, 3.8) is 0 Å². The molecule has 4 rings (SSSR count). The summed E-state index contributed by atoms with van der Waals surface area (Å²) in [6, 6.07) is 6.01. The largest absolute Gasteiger partial charge is 0.390 e. The molecule has 1 N–H and O–H groups in total. The highest BCUT2D eigenvalue weighted by atomic mass is 16.5. The van der Waals surface area contributed by atoms with Crippen molar-refractivity contribution in [3.8, 4) is 0 Å². The van der Waals surface area contributed by atoms with Crippen LogP contribution in [0, 0.1) is 20.8 Å². The van der Waals surface area contributed by atoms with Crippen molar-refractivity contribution in [2.24, 2.45) is 0 Å². The molecule has 0 radical (unpaired) electrons. The van der Waals surface area contributed by atoms with Gasteiger partial charge in [-0.1, -0.05) is 11.6 Å². The van der Waals surface area contributed by atoms with E-state index in [1.165, 1.54) is 0 Å². The summed E-state index contributed by atoms with van der Waals surface area (Å²) in [6.07, 6.45) is -0.525. The van der Waals surface area contributed by atoms with Gasteiger partial charge in [-0.05, 0) is 38.5 Å². The Bertz CT molecular complexity index is 877. The average molecular weight is 369 g/mol. The normalized spacial score (nSPS) is 23.9. The van der Waals surface area contributed by atoms with E-state index < -0.39 is 6.10 Å². The molecule has 1 amide bonds. The Morgan fingerprint density at radius 1 is 1.19 bits per heavy atom. The summed E-state index contributed by atoms with van der Waals surface area (Å²) >= 11 is 0. The number of likely N-dealkylation sites (tertiary alicyclic amines) is 1. The zero-order valence-corrected chi connectivity index (χ0v) is 16.2. The van der Waals surface area contributed by atoms with E-state index in [4.69, 9.17) is 4.74 Å². The van der Waals surface area contributed by atoms with Crippen LogP contribution in [0.15, 0.2) is 18.2 Å². The minimum atomic E-state index is -0.525. The van der Waals surface area contributed by atoms with Crippen LogP contribution in [0.2, 0.25) is 0 Å². The summed E-state index contributed by atoms with van der Waals surface area (Å²) in [4.78, 5) is 22.2. The molecule has 0 bridgehead atoms. The lowest BCUT2D eigenvalue weighted by Crippen LogP contribution is -2.49. The molecule has 6 nitrogen and oxygen atoms in total. The Hall–Kier alpha value is -2.02. The van der Waals surface area contributed by atoms with Crippen LogP contribution in [0.3, 0.4) is 0 Å². The first-order valence-electron chi connectivity index (χ1n) is 9.62. The topological polar surface area (TPSA) is 65.9 Å². The molecule has 0 spiro atoms. The first-order chi connectivity index (χ1) is 13.0. The first-order valence-corrected chi connectivity index (χ1v) is 9.62. The number of nitrogens with zero attached hydrogens (tertiary/aromatic N) is 3. The van der Waals surface area contributed by atoms with Crippen LogP contribution in [0.1, 0.15) is 27.2 Å². The Morgan fingerprint density at radius 3 is 2.67 bits per heavy atom. The number of aromatic nitrogens is 1. The van der Waals surface area contributed by atoms with E-state index in [9.17, 15) is 9.90 Å². The fraction of sp³-hybridized carbons (Fsp3) is 0.524. The second-order valence-corrected chi connectivity index (χ2v) is 7.71. The number of aliphatic hydroxyl groups is 1. The van der Waals surface area contributed by atoms with Crippen LogP contribution >= 0.6 is 0 Å². The van der Waals surface area contributed by atoms with Gasteiger partial charge in [-0.15, -0.1) is 0 Å². The Labute approximate surface area is 159 Å². The average Bonchev–Trinajstić information content (AvgIpc) is 3.05. The number of aryl methyl sites for hydroxylation is 2. The van der Waals surface area contributed by atoms with E-state index in [1.54, 1.807) is 4.90 Å². The third-order valence-electron chi connectivity index (χ3n) is 5.90. The van der Waals surface area contributed by atoms with E-state index in [0.29, 0.717) is 26.3 Å². The molecular weight excluding hydrogens is 342 g/mol. The van der Waals surface area contributed by atoms with Crippen molar-refractivity contribution in [2.45, 2.75) is 32.9 Å². The molecule has 27 heavy (non-hydrogen) atoms. The molecule has 1 aromatic carbocycles. The second kappa shape index (κ2) is 7.19. The number of morpholine rings is 1.